The minimum absolute atomic E-state index is 0.0750. The standard InChI is InChI=1S/C20H16F4N2O3/c21-9-1-3-10(4-2-9)25(19(29)20(22,23)24)8-26-17(27)15-11-5-6-12(14-7-13(11)14)16(15)18(26)28/h1-6,11-16H,7-8H2/t11-,12-,13-,14+,15+,16+/m1/s1. The molecule has 1 aromatic carbocycles. The molecule has 9 heteroatoms. The van der Waals surface area contributed by atoms with Crippen LogP contribution >= 0.6 is 0 Å². The van der Waals surface area contributed by atoms with E-state index >= 15 is 0 Å². The van der Waals surface area contributed by atoms with Gasteiger partial charge in [0.05, 0.1) is 11.8 Å². The Hall–Kier alpha value is -2.71. The average Bonchev–Trinajstić information content (AvgIpc) is 3.46. The van der Waals surface area contributed by atoms with E-state index in [0.717, 1.165) is 35.6 Å². The van der Waals surface area contributed by atoms with Crippen LogP contribution < -0.4 is 4.90 Å². The molecule has 6 atom stereocenters. The Kier molecular flexibility index (Phi) is 3.73. The predicted octanol–water partition coefficient (Wildman–Crippen LogP) is 2.73. The number of imide groups is 1. The summed E-state index contributed by atoms with van der Waals surface area (Å²) in [6, 6.07) is 3.85. The van der Waals surface area contributed by atoms with E-state index in [-0.39, 0.29) is 17.5 Å². The van der Waals surface area contributed by atoms with Gasteiger partial charge < -0.3 is 0 Å². The molecule has 2 bridgehead atoms. The van der Waals surface area contributed by atoms with Crippen LogP contribution in [0.1, 0.15) is 6.42 Å². The van der Waals surface area contributed by atoms with Crippen molar-refractivity contribution in [2.45, 2.75) is 12.6 Å². The Bertz CT molecular complexity index is 906. The van der Waals surface area contributed by atoms with Crippen LogP contribution in [0, 0.1) is 41.3 Å². The second kappa shape index (κ2) is 5.90. The zero-order chi connectivity index (χ0) is 20.7. The molecule has 5 aliphatic rings. The van der Waals surface area contributed by atoms with Crippen molar-refractivity contribution in [3.8, 4) is 0 Å². The molecule has 0 radical (unpaired) electrons. The third-order valence-electron chi connectivity index (χ3n) is 6.66. The third-order valence-corrected chi connectivity index (χ3v) is 6.66. The molecule has 6 rings (SSSR count). The summed E-state index contributed by atoms with van der Waals surface area (Å²) in [4.78, 5) is 39.1. The Balaban J connectivity index is 1.46. The van der Waals surface area contributed by atoms with Crippen molar-refractivity contribution in [3.05, 3.63) is 42.2 Å². The minimum atomic E-state index is -5.21. The van der Waals surface area contributed by atoms with E-state index in [0.29, 0.717) is 16.7 Å². The van der Waals surface area contributed by atoms with Gasteiger partial charge in [0.2, 0.25) is 11.8 Å². The van der Waals surface area contributed by atoms with Gasteiger partial charge >= 0.3 is 12.1 Å². The number of benzene rings is 1. The van der Waals surface area contributed by atoms with E-state index in [2.05, 4.69) is 0 Å². The number of amides is 3. The van der Waals surface area contributed by atoms with Crippen LogP contribution in [0.25, 0.3) is 0 Å². The van der Waals surface area contributed by atoms with Crippen molar-refractivity contribution >= 4 is 23.4 Å². The van der Waals surface area contributed by atoms with Crippen LogP contribution in [0.5, 0.6) is 0 Å². The highest BCUT2D eigenvalue weighted by Crippen LogP contribution is 2.65. The molecule has 5 nitrogen and oxygen atoms in total. The van der Waals surface area contributed by atoms with Crippen molar-refractivity contribution in [1.82, 2.24) is 4.90 Å². The molecule has 0 unspecified atom stereocenters. The summed E-state index contributed by atoms with van der Waals surface area (Å²) in [5.41, 5.74) is -0.242. The molecule has 1 saturated heterocycles. The lowest BCUT2D eigenvalue weighted by molar-refractivity contribution is -0.171. The summed E-state index contributed by atoms with van der Waals surface area (Å²) in [6.45, 7) is -0.844. The molecule has 0 spiro atoms. The van der Waals surface area contributed by atoms with Crippen molar-refractivity contribution in [1.29, 1.82) is 0 Å². The van der Waals surface area contributed by atoms with Gasteiger partial charge in [0.1, 0.15) is 12.5 Å². The van der Waals surface area contributed by atoms with Gasteiger partial charge in [-0.05, 0) is 54.4 Å². The first-order chi connectivity index (χ1) is 13.7. The quantitative estimate of drug-likeness (QED) is 0.439. The average molecular weight is 408 g/mol. The predicted molar refractivity (Wildman–Crippen MR) is 91.4 cm³/mol. The number of carbonyl (C=O) groups is 3. The maximum Gasteiger partial charge on any atom is 0.471 e. The van der Waals surface area contributed by atoms with E-state index < -0.39 is 48.2 Å². The van der Waals surface area contributed by atoms with Gasteiger partial charge in [-0.2, -0.15) is 13.2 Å². The largest absolute Gasteiger partial charge is 0.471 e. The Morgan fingerprint density at radius 2 is 1.52 bits per heavy atom. The number of halogens is 4. The molecule has 29 heavy (non-hydrogen) atoms. The van der Waals surface area contributed by atoms with Gasteiger partial charge in [0.25, 0.3) is 0 Å². The molecule has 4 aliphatic carbocycles. The molecule has 2 saturated carbocycles. The number of hydrogen-bond donors (Lipinski definition) is 0. The van der Waals surface area contributed by atoms with E-state index in [1.54, 1.807) is 0 Å². The van der Waals surface area contributed by atoms with E-state index in [1.165, 1.54) is 0 Å². The fraction of sp³-hybridized carbons (Fsp3) is 0.450. The van der Waals surface area contributed by atoms with Gasteiger partial charge in [0, 0.05) is 5.69 Å². The molecule has 1 aliphatic heterocycles. The number of likely N-dealkylation sites (tertiary alicyclic amines) is 1. The number of alkyl halides is 3. The number of anilines is 1. The van der Waals surface area contributed by atoms with Gasteiger partial charge in [0.15, 0.2) is 0 Å². The Labute approximate surface area is 162 Å². The SMILES string of the molecule is O=C1[C@H]2[C@@H]3C=C[C@H]([C@@H]4C[C@H]34)[C@@H]2C(=O)N1CN(C(=O)C(F)(F)F)c1ccc(F)cc1. The second-order valence-electron chi connectivity index (χ2n) is 8.11. The summed E-state index contributed by atoms with van der Waals surface area (Å²) in [5.74, 6) is -4.56. The summed E-state index contributed by atoms with van der Waals surface area (Å²) < 4.78 is 52.7. The smallest absolute Gasteiger partial charge is 0.286 e. The van der Waals surface area contributed by atoms with Crippen LogP contribution in [0.4, 0.5) is 23.2 Å². The molecule has 0 N–H and O–H groups in total. The topological polar surface area (TPSA) is 57.7 Å². The van der Waals surface area contributed by atoms with Crippen molar-refractivity contribution in [3.63, 3.8) is 0 Å². The summed E-state index contributed by atoms with van der Waals surface area (Å²) in [6.07, 6.45) is -0.347. The maximum atomic E-state index is 13.2. The van der Waals surface area contributed by atoms with Crippen LogP contribution in [0.15, 0.2) is 36.4 Å². The monoisotopic (exact) mass is 408 g/mol. The van der Waals surface area contributed by atoms with Crippen LogP contribution in [0.3, 0.4) is 0 Å². The van der Waals surface area contributed by atoms with Gasteiger partial charge in [-0.15, -0.1) is 0 Å². The highest BCUT2D eigenvalue weighted by molar-refractivity contribution is 6.07. The van der Waals surface area contributed by atoms with Gasteiger partial charge in [-0.3, -0.25) is 24.2 Å². The normalized spacial score (nSPS) is 34.3. The fourth-order valence-corrected chi connectivity index (χ4v) is 5.34. The summed E-state index contributed by atoms with van der Waals surface area (Å²) in [5, 5.41) is 0. The zero-order valence-corrected chi connectivity index (χ0v) is 15.0. The molecule has 0 aromatic heterocycles. The third kappa shape index (κ3) is 2.63. The first-order valence-electron chi connectivity index (χ1n) is 9.36. The van der Waals surface area contributed by atoms with Crippen molar-refractivity contribution in [2.24, 2.45) is 35.5 Å². The van der Waals surface area contributed by atoms with Gasteiger partial charge in [-0.1, -0.05) is 12.2 Å². The highest BCUT2D eigenvalue weighted by atomic mass is 19.4. The molecular weight excluding hydrogens is 392 g/mol. The summed E-state index contributed by atoms with van der Waals surface area (Å²) in [7, 11) is 0. The lowest BCUT2D eigenvalue weighted by Crippen LogP contribution is -2.49. The van der Waals surface area contributed by atoms with Crippen LogP contribution in [0.2, 0.25) is 0 Å². The molecular formula is C20H16F4N2O3. The number of hydrogen-bond acceptors (Lipinski definition) is 3. The maximum absolute atomic E-state index is 13.2. The van der Waals surface area contributed by atoms with E-state index in [9.17, 15) is 31.9 Å². The van der Waals surface area contributed by atoms with E-state index in [4.69, 9.17) is 0 Å². The Morgan fingerprint density at radius 1 is 1.00 bits per heavy atom. The number of rotatable bonds is 3. The number of allylic oxidation sites excluding steroid dienone is 2. The minimum Gasteiger partial charge on any atom is -0.286 e. The molecule has 3 amide bonds. The van der Waals surface area contributed by atoms with Crippen molar-refractivity contribution < 1.29 is 31.9 Å². The lowest BCUT2D eigenvalue weighted by atomic mass is 9.63. The fourth-order valence-electron chi connectivity index (χ4n) is 5.34. The van der Waals surface area contributed by atoms with Crippen LogP contribution in [-0.4, -0.2) is 35.5 Å². The number of carbonyl (C=O) groups excluding carboxylic acids is 3. The van der Waals surface area contributed by atoms with Crippen LogP contribution in [-0.2, 0) is 14.4 Å². The molecule has 152 valence electrons. The highest BCUT2D eigenvalue weighted by Gasteiger charge is 2.67. The molecule has 1 heterocycles. The summed E-state index contributed by atoms with van der Waals surface area (Å²) >= 11 is 0. The molecule has 1 aromatic rings. The van der Waals surface area contributed by atoms with E-state index in [1.807, 2.05) is 12.2 Å². The second-order valence-corrected chi connectivity index (χ2v) is 8.11. The lowest BCUT2D eigenvalue weighted by Gasteiger charge is -2.37. The Morgan fingerprint density at radius 3 is 2.00 bits per heavy atom. The van der Waals surface area contributed by atoms with Gasteiger partial charge in [-0.25, -0.2) is 4.39 Å². The first-order valence-corrected chi connectivity index (χ1v) is 9.36. The number of nitrogens with zero attached hydrogens (tertiary/aromatic N) is 2. The molecule has 3 fully saturated rings. The van der Waals surface area contributed by atoms with Crippen molar-refractivity contribution in [2.75, 3.05) is 11.6 Å². The first kappa shape index (κ1) is 18.3. The zero-order valence-electron chi connectivity index (χ0n) is 15.0.